The second kappa shape index (κ2) is 8.10. The quantitative estimate of drug-likeness (QED) is 0.521. The number of ketones is 1. The molecule has 0 bridgehead atoms. The van der Waals surface area contributed by atoms with E-state index in [1.807, 2.05) is 54.6 Å². The van der Waals surface area contributed by atoms with Crippen molar-refractivity contribution in [3.63, 3.8) is 0 Å². The minimum atomic E-state index is -0.129. The largest absolute Gasteiger partial charge is 0.497 e. The molecule has 0 saturated carbocycles. The molecule has 0 saturated heterocycles. The minimum Gasteiger partial charge on any atom is -0.497 e. The second-order valence-electron chi connectivity index (χ2n) is 7.52. The molecule has 0 unspecified atom stereocenters. The number of methoxy groups -OCH3 is 1. The number of rotatable bonds is 4. The topological polar surface area (TPSA) is 48.0 Å². The Hall–Kier alpha value is -3.28. The Morgan fingerprint density at radius 1 is 1.13 bits per heavy atom. The van der Waals surface area contributed by atoms with Crippen LogP contribution in [-0.4, -0.2) is 24.5 Å². The summed E-state index contributed by atoms with van der Waals surface area (Å²) in [7, 11) is 1.61. The molecule has 6 heteroatoms. The summed E-state index contributed by atoms with van der Waals surface area (Å²) in [5.41, 5.74) is 3.43. The van der Waals surface area contributed by atoms with Crippen molar-refractivity contribution in [2.75, 3.05) is 13.8 Å². The van der Waals surface area contributed by atoms with Crippen LogP contribution in [-0.2, 0) is 13.1 Å². The van der Waals surface area contributed by atoms with Crippen molar-refractivity contribution < 1.29 is 19.0 Å². The molecule has 31 heavy (non-hydrogen) atoms. The molecular formula is C25H20ClNO4. The van der Waals surface area contributed by atoms with Crippen molar-refractivity contribution in [2.24, 2.45) is 0 Å². The lowest BCUT2D eigenvalue weighted by Crippen LogP contribution is -2.31. The first-order valence-electron chi connectivity index (χ1n) is 9.94. The van der Waals surface area contributed by atoms with Gasteiger partial charge in [-0.3, -0.25) is 9.69 Å². The van der Waals surface area contributed by atoms with Crippen molar-refractivity contribution in [3.05, 3.63) is 93.7 Å². The van der Waals surface area contributed by atoms with Gasteiger partial charge in [0.05, 0.1) is 18.2 Å². The van der Waals surface area contributed by atoms with Gasteiger partial charge in [0.15, 0.2) is 5.76 Å². The van der Waals surface area contributed by atoms with E-state index >= 15 is 0 Å². The van der Waals surface area contributed by atoms with Crippen molar-refractivity contribution in [1.29, 1.82) is 0 Å². The van der Waals surface area contributed by atoms with Crippen LogP contribution in [0.3, 0.4) is 0 Å². The number of allylic oxidation sites excluding steroid dienone is 1. The smallest absolute Gasteiger partial charge is 0.231 e. The summed E-state index contributed by atoms with van der Waals surface area (Å²) < 4.78 is 17.3. The molecule has 3 aromatic carbocycles. The number of carbonyl (C=O) groups excluding carboxylic acids is 1. The fourth-order valence-corrected chi connectivity index (χ4v) is 3.96. The summed E-state index contributed by atoms with van der Waals surface area (Å²) >= 11 is 5.99. The van der Waals surface area contributed by atoms with Crippen LogP contribution >= 0.6 is 11.6 Å². The zero-order valence-electron chi connectivity index (χ0n) is 16.9. The molecule has 0 N–H and O–H groups in total. The molecule has 156 valence electrons. The zero-order valence-corrected chi connectivity index (χ0v) is 17.7. The normalized spacial score (nSPS) is 16.5. The number of benzene rings is 3. The second-order valence-corrected chi connectivity index (χ2v) is 7.96. The molecule has 3 aromatic rings. The van der Waals surface area contributed by atoms with E-state index in [1.165, 1.54) is 0 Å². The number of ether oxygens (including phenoxy) is 3. The van der Waals surface area contributed by atoms with E-state index < -0.39 is 0 Å². The van der Waals surface area contributed by atoms with E-state index in [0.717, 1.165) is 28.2 Å². The maximum absolute atomic E-state index is 13.0. The van der Waals surface area contributed by atoms with Crippen LogP contribution < -0.4 is 14.2 Å². The van der Waals surface area contributed by atoms with Gasteiger partial charge in [-0.2, -0.15) is 0 Å². The first-order chi connectivity index (χ1) is 15.1. The van der Waals surface area contributed by atoms with Crippen molar-refractivity contribution >= 4 is 23.5 Å². The number of Topliss-reactive ketones (excluding diaryl/α,β-unsaturated/α-hetero) is 1. The Labute approximate surface area is 185 Å². The lowest BCUT2D eigenvalue weighted by molar-refractivity contribution is 0.0873. The molecular weight excluding hydrogens is 414 g/mol. The predicted octanol–water partition coefficient (Wildman–Crippen LogP) is 5.32. The maximum atomic E-state index is 13.0. The highest BCUT2D eigenvalue weighted by Crippen LogP contribution is 2.42. The summed E-state index contributed by atoms with van der Waals surface area (Å²) in [5.74, 6) is 2.22. The predicted molar refractivity (Wildman–Crippen MR) is 119 cm³/mol. The summed E-state index contributed by atoms with van der Waals surface area (Å²) in [6, 6.07) is 18.9. The van der Waals surface area contributed by atoms with Crippen LogP contribution in [0.25, 0.3) is 6.08 Å². The average molecular weight is 434 g/mol. The first-order valence-corrected chi connectivity index (χ1v) is 10.3. The molecule has 0 spiro atoms. The van der Waals surface area contributed by atoms with E-state index in [1.54, 1.807) is 19.3 Å². The highest BCUT2D eigenvalue weighted by atomic mass is 35.5. The molecule has 0 atom stereocenters. The molecule has 5 nitrogen and oxygen atoms in total. The van der Waals surface area contributed by atoms with Gasteiger partial charge in [0.2, 0.25) is 5.78 Å². The van der Waals surface area contributed by atoms with Crippen LogP contribution in [0.4, 0.5) is 0 Å². The Bertz CT molecular complexity index is 1190. The van der Waals surface area contributed by atoms with Gasteiger partial charge in [-0.15, -0.1) is 0 Å². The van der Waals surface area contributed by atoms with Crippen LogP contribution in [0.1, 0.15) is 27.0 Å². The zero-order chi connectivity index (χ0) is 21.4. The third-order valence-corrected chi connectivity index (χ3v) is 5.65. The highest BCUT2D eigenvalue weighted by Gasteiger charge is 2.33. The molecule has 0 fully saturated rings. The lowest BCUT2D eigenvalue weighted by atomic mass is 10.0. The number of nitrogens with zero attached hydrogens (tertiary/aromatic N) is 1. The number of halogens is 1. The van der Waals surface area contributed by atoms with Crippen LogP contribution in [0, 0.1) is 0 Å². The Kier molecular flexibility index (Phi) is 5.14. The minimum absolute atomic E-state index is 0.129. The molecule has 0 aromatic heterocycles. The maximum Gasteiger partial charge on any atom is 0.231 e. The third-order valence-electron chi connectivity index (χ3n) is 5.39. The fraction of sp³-hybridized carbons (Fsp3) is 0.160. The van der Waals surface area contributed by atoms with Crippen LogP contribution in [0.5, 0.6) is 17.2 Å². The van der Waals surface area contributed by atoms with Gasteiger partial charge in [0.1, 0.15) is 24.0 Å². The Morgan fingerprint density at radius 3 is 2.77 bits per heavy atom. The fourth-order valence-electron chi connectivity index (χ4n) is 3.84. The van der Waals surface area contributed by atoms with E-state index in [9.17, 15) is 4.79 Å². The first kappa shape index (κ1) is 19.7. The summed E-state index contributed by atoms with van der Waals surface area (Å²) in [6.07, 6.45) is 1.74. The SMILES string of the molecule is COc1cccc(/C=C2\Oc3c(ccc4c3CN(Cc3ccc(Cl)cc3)CO4)C2=O)c1. The van der Waals surface area contributed by atoms with Gasteiger partial charge >= 0.3 is 0 Å². The summed E-state index contributed by atoms with van der Waals surface area (Å²) in [5, 5.41) is 0.712. The van der Waals surface area contributed by atoms with Crippen molar-refractivity contribution in [2.45, 2.75) is 13.1 Å². The molecule has 0 radical (unpaired) electrons. The van der Waals surface area contributed by atoms with E-state index in [2.05, 4.69) is 4.90 Å². The van der Waals surface area contributed by atoms with Gasteiger partial charge in [-0.05, 0) is 53.6 Å². The number of hydrogen-bond acceptors (Lipinski definition) is 5. The molecule has 5 rings (SSSR count). The number of hydrogen-bond donors (Lipinski definition) is 0. The standard InChI is InChI=1S/C25H20ClNO4/c1-29-19-4-2-3-17(11-19)12-23-24(28)20-9-10-22-21(25(20)31-23)14-27(15-30-22)13-16-5-7-18(26)8-6-16/h2-12H,13-15H2,1H3/b23-12-. The van der Waals surface area contributed by atoms with Gasteiger partial charge in [0, 0.05) is 18.1 Å². The molecule has 2 heterocycles. The molecule has 0 aliphatic carbocycles. The average Bonchev–Trinajstić information content (AvgIpc) is 3.11. The van der Waals surface area contributed by atoms with E-state index in [4.69, 9.17) is 25.8 Å². The number of fused-ring (bicyclic) bond motifs is 3. The molecule has 0 amide bonds. The van der Waals surface area contributed by atoms with Crippen molar-refractivity contribution in [1.82, 2.24) is 4.90 Å². The van der Waals surface area contributed by atoms with E-state index in [0.29, 0.717) is 41.9 Å². The van der Waals surface area contributed by atoms with Crippen LogP contribution in [0.2, 0.25) is 5.02 Å². The van der Waals surface area contributed by atoms with Gasteiger partial charge in [0.25, 0.3) is 0 Å². The monoisotopic (exact) mass is 433 g/mol. The van der Waals surface area contributed by atoms with Crippen LogP contribution in [0.15, 0.2) is 66.4 Å². The van der Waals surface area contributed by atoms with Gasteiger partial charge < -0.3 is 14.2 Å². The summed E-state index contributed by atoms with van der Waals surface area (Å²) in [4.78, 5) is 15.1. The molecule has 2 aliphatic heterocycles. The van der Waals surface area contributed by atoms with E-state index in [-0.39, 0.29) is 5.78 Å². The highest BCUT2D eigenvalue weighted by molar-refractivity contribution is 6.30. The summed E-state index contributed by atoms with van der Waals surface area (Å²) in [6.45, 7) is 1.80. The Balaban J connectivity index is 1.41. The lowest BCUT2D eigenvalue weighted by Gasteiger charge is -2.29. The number of carbonyl (C=O) groups is 1. The third kappa shape index (κ3) is 3.90. The van der Waals surface area contributed by atoms with Gasteiger partial charge in [-0.25, -0.2) is 0 Å². The van der Waals surface area contributed by atoms with Gasteiger partial charge in [-0.1, -0.05) is 35.9 Å². The van der Waals surface area contributed by atoms with Crippen molar-refractivity contribution in [3.8, 4) is 17.2 Å². The Morgan fingerprint density at radius 2 is 1.97 bits per heavy atom. The molecule has 2 aliphatic rings.